The number of hydrogen-bond acceptors (Lipinski definition) is 3. The molecule has 1 aromatic heterocycles. The summed E-state index contributed by atoms with van der Waals surface area (Å²) in [6.07, 6.45) is 7.68. The van der Waals surface area contributed by atoms with Crippen LogP contribution in [0.25, 0.3) is 0 Å². The third-order valence-electron chi connectivity index (χ3n) is 4.23. The topological polar surface area (TPSA) is 72.9 Å². The lowest BCUT2D eigenvalue weighted by atomic mass is 9.73. The largest absolute Gasteiger partial charge is 0.344 e. The Morgan fingerprint density at radius 1 is 1.67 bits per heavy atom. The predicted molar refractivity (Wildman–Crippen MR) is 70.1 cm³/mol. The van der Waals surface area contributed by atoms with Crippen LogP contribution >= 0.6 is 0 Å². The number of nitrogens with zero attached hydrogens (tertiary/aromatic N) is 2. The van der Waals surface area contributed by atoms with Gasteiger partial charge in [-0.2, -0.15) is 0 Å². The molecule has 2 unspecified atom stereocenters. The summed E-state index contributed by atoms with van der Waals surface area (Å²) in [6.45, 7) is 2.67. The molecule has 0 spiro atoms. The first-order valence-electron chi connectivity index (χ1n) is 6.58. The van der Waals surface area contributed by atoms with Gasteiger partial charge >= 0.3 is 0 Å². The zero-order valence-corrected chi connectivity index (χ0v) is 11.1. The maximum atomic E-state index is 12.3. The second-order valence-electron chi connectivity index (χ2n) is 5.35. The maximum absolute atomic E-state index is 12.3. The van der Waals surface area contributed by atoms with Crippen molar-refractivity contribution in [2.45, 2.75) is 38.1 Å². The van der Waals surface area contributed by atoms with E-state index in [1.165, 1.54) is 6.42 Å². The lowest BCUT2D eigenvalue weighted by molar-refractivity contribution is 0.0804. The summed E-state index contributed by atoms with van der Waals surface area (Å²) in [5.41, 5.74) is 6.26. The molecule has 1 fully saturated rings. The van der Waals surface area contributed by atoms with E-state index in [0.29, 0.717) is 18.2 Å². The van der Waals surface area contributed by atoms with Crippen molar-refractivity contribution in [2.75, 3.05) is 6.54 Å². The molecule has 1 amide bonds. The van der Waals surface area contributed by atoms with Crippen molar-refractivity contribution >= 4 is 5.91 Å². The first-order valence-corrected chi connectivity index (χ1v) is 6.58. The van der Waals surface area contributed by atoms with E-state index in [4.69, 9.17) is 5.73 Å². The Labute approximate surface area is 108 Å². The van der Waals surface area contributed by atoms with Gasteiger partial charge in [0, 0.05) is 13.6 Å². The van der Waals surface area contributed by atoms with Crippen molar-refractivity contribution in [1.82, 2.24) is 14.9 Å². The van der Waals surface area contributed by atoms with Crippen LogP contribution in [-0.2, 0) is 7.05 Å². The number of aryl methyl sites for hydroxylation is 1. The number of nitrogens with one attached hydrogen (secondary N) is 1. The number of carbonyl (C=O) groups is 1. The van der Waals surface area contributed by atoms with Gasteiger partial charge in [0.25, 0.3) is 5.91 Å². The van der Waals surface area contributed by atoms with E-state index >= 15 is 0 Å². The Morgan fingerprint density at radius 3 is 3.00 bits per heavy atom. The predicted octanol–water partition coefficient (Wildman–Crippen LogP) is 1.06. The fourth-order valence-corrected chi connectivity index (χ4v) is 2.82. The average Bonchev–Trinajstić information content (AvgIpc) is 2.78. The van der Waals surface area contributed by atoms with Gasteiger partial charge < -0.3 is 15.6 Å². The number of amides is 1. The van der Waals surface area contributed by atoms with Crippen molar-refractivity contribution in [3.63, 3.8) is 0 Å². The molecule has 5 nitrogen and oxygen atoms in total. The van der Waals surface area contributed by atoms with Crippen LogP contribution in [0.2, 0.25) is 0 Å². The van der Waals surface area contributed by atoms with E-state index in [-0.39, 0.29) is 11.4 Å². The van der Waals surface area contributed by atoms with Gasteiger partial charge in [0.2, 0.25) is 0 Å². The van der Waals surface area contributed by atoms with Crippen LogP contribution in [0.1, 0.15) is 43.1 Å². The SMILES string of the molecule is CC1CCCCC1(CN)NC(=O)c1cncn1C. The highest BCUT2D eigenvalue weighted by molar-refractivity contribution is 5.92. The molecule has 100 valence electrons. The van der Waals surface area contributed by atoms with Gasteiger partial charge in [0.05, 0.1) is 18.1 Å². The lowest BCUT2D eigenvalue weighted by Gasteiger charge is -2.42. The fraction of sp³-hybridized carbons (Fsp3) is 0.692. The van der Waals surface area contributed by atoms with Gasteiger partial charge in [-0.1, -0.05) is 19.8 Å². The second-order valence-corrected chi connectivity index (χ2v) is 5.35. The van der Waals surface area contributed by atoms with Gasteiger partial charge in [-0.05, 0) is 18.8 Å². The molecule has 0 radical (unpaired) electrons. The molecule has 18 heavy (non-hydrogen) atoms. The summed E-state index contributed by atoms with van der Waals surface area (Å²) in [4.78, 5) is 16.3. The third kappa shape index (κ3) is 2.27. The highest BCUT2D eigenvalue weighted by Gasteiger charge is 2.38. The molecule has 2 rings (SSSR count). The van der Waals surface area contributed by atoms with E-state index in [0.717, 1.165) is 19.3 Å². The maximum Gasteiger partial charge on any atom is 0.270 e. The van der Waals surface area contributed by atoms with E-state index in [1.807, 2.05) is 7.05 Å². The van der Waals surface area contributed by atoms with Gasteiger partial charge in [-0.25, -0.2) is 4.98 Å². The molecule has 5 heteroatoms. The molecular formula is C13H22N4O. The van der Waals surface area contributed by atoms with Crippen molar-refractivity contribution in [3.8, 4) is 0 Å². The van der Waals surface area contributed by atoms with Gasteiger partial charge in [0.1, 0.15) is 5.69 Å². The zero-order valence-electron chi connectivity index (χ0n) is 11.1. The first kappa shape index (κ1) is 13.1. The summed E-state index contributed by atoms with van der Waals surface area (Å²) in [6, 6.07) is 0. The second kappa shape index (κ2) is 5.10. The molecule has 2 atom stereocenters. The Kier molecular flexibility index (Phi) is 3.71. The number of aromatic nitrogens is 2. The Morgan fingerprint density at radius 2 is 2.44 bits per heavy atom. The van der Waals surface area contributed by atoms with E-state index < -0.39 is 0 Å². The molecule has 1 heterocycles. The number of hydrogen-bond donors (Lipinski definition) is 2. The summed E-state index contributed by atoms with van der Waals surface area (Å²) >= 11 is 0. The minimum absolute atomic E-state index is 0.0748. The van der Waals surface area contributed by atoms with Crippen LogP contribution in [0.15, 0.2) is 12.5 Å². The molecule has 1 aliphatic carbocycles. The Hall–Kier alpha value is -1.36. The van der Waals surface area contributed by atoms with Crippen LogP contribution in [0.4, 0.5) is 0 Å². The highest BCUT2D eigenvalue weighted by atomic mass is 16.2. The molecule has 0 aliphatic heterocycles. The summed E-state index contributed by atoms with van der Waals surface area (Å²) < 4.78 is 1.73. The smallest absolute Gasteiger partial charge is 0.270 e. The first-order chi connectivity index (χ1) is 8.59. The number of carbonyl (C=O) groups excluding carboxylic acids is 1. The standard InChI is InChI=1S/C13H22N4O/c1-10-5-3-4-6-13(10,8-14)16-12(18)11-7-15-9-17(11)2/h7,9-10H,3-6,8,14H2,1-2H3,(H,16,18). The van der Waals surface area contributed by atoms with E-state index in [2.05, 4.69) is 17.2 Å². The number of rotatable bonds is 3. The van der Waals surface area contributed by atoms with Gasteiger partial charge in [0.15, 0.2) is 0 Å². The van der Waals surface area contributed by atoms with E-state index in [1.54, 1.807) is 17.1 Å². The minimum atomic E-state index is -0.250. The van der Waals surface area contributed by atoms with Gasteiger partial charge in [-0.15, -0.1) is 0 Å². The highest BCUT2D eigenvalue weighted by Crippen LogP contribution is 2.33. The molecule has 1 saturated carbocycles. The van der Waals surface area contributed by atoms with Crippen LogP contribution in [0, 0.1) is 5.92 Å². The molecule has 0 saturated heterocycles. The quantitative estimate of drug-likeness (QED) is 0.842. The summed E-state index contributed by atoms with van der Waals surface area (Å²) in [5.74, 6) is 0.350. The van der Waals surface area contributed by atoms with Crippen molar-refractivity contribution in [1.29, 1.82) is 0 Å². The summed E-state index contributed by atoms with van der Waals surface area (Å²) in [5, 5.41) is 3.15. The Bertz CT molecular complexity index is 428. The fourth-order valence-electron chi connectivity index (χ4n) is 2.82. The zero-order chi connectivity index (χ0) is 13.2. The van der Waals surface area contributed by atoms with Crippen LogP contribution in [0.5, 0.6) is 0 Å². The molecule has 1 aromatic rings. The monoisotopic (exact) mass is 250 g/mol. The average molecular weight is 250 g/mol. The van der Waals surface area contributed by atoms with Crippen LogP contribution in [0.3, 0.4) is 0 Å². The molecule has 0 aromatic carbocycles. The molecule has 0 bridgehead atoms. The van der Waals surface area contributed by atoms with Crippen molar-refractivity contribution < 1.29 is 4.79 Å². The van der Waals surface area contributed by atoms with Crippen LogP contribution < -0.4 is 11.1 Å². The normalized spacial score (nSPS) is 28.1. The third-order valence-corrected chi connectivity index (χ3v) is 4.23. The Balaban J connectivity index is 2.15. The molecular weight excluding hydrogens is 228 g/mol. The van der Waals surface area contributed by atoms with Crippen molar-refractivity contribution in [3.05, 3.63) is 18.2 Å². The van der Waals surface area contributed by atoms with Gasteiger partial charge in [-0.3, -0.25) is 4.79 Å². The summed E-state index contributed by atoms with van der Waals surface area (Å²) in [7, 11) is 1.82. The lowest BCUT2D eigenvalue weighted by Crippen LogP contribution is -2.59. The number of imidazole rings is 1. The van der Waals surface area contributed by atoms with Crippen LogP contribution in [-0.4, -0.2) is 27.5 Å². The molecule has 1 aliphatic rings. The molecule has 3 N–H and O–H groups in total. The minimum Gasteiger partial charge on any atom is -0.344 e. The van der Waals surface area contributed by atoms with E-state index in [9.17, 15) is 4.79 Å². The van der Waals surface area contributed by atoms with Crippen molar-refractivity contribution in [2.24, 2.45) is 18.7 Å². The number of nitrogens with two attached hydrogens (primary N) is 1.